The zero-order chi connectivity index (χ0) is 19.8. The smallest absolute Gasteiger partial charge is 0.475 e. The first kappa shape index (κ1) is 23.0. The van der Waals surface area contributed by atoms with Crippen molar-refractivity contribution in [2.75, 3.05) is 0 Å². The van der Waals surface area contributed by atoms with Gasteiger partial charge in [-0.1, -0.05) is 0 Å². The van der Waals surface area contributed by atoms with Crippen LogP contribution in [0.4, 0.5) is 22.0 Å². The highest BCUT2D eigenvalue weighted by molar-refractivity contribution is 6.87. The largest absolute Gasteiger partial charge is 0.525 e. The summed E-state index contributed by atoms with van der Waals surface area (Å²) in [6.45, 7) is 13.0. The van der Waals surface area contributed by atoms with Crippen molar-refractivity contribution >= 4 is 45.4 Å². The van der Waals surface area contributed by atoms with Crippen LogP contribution in [0.15, 0.2) is 0 Å². The Morgan fingerprint density at radius 2 is 1.00 bits per heavy atom. The van der Waals surface area contributed by atoms with Gasteiger partial charge in [-0.3, -0.25) is 0 Å². The third kappa shape index (κ3) is 6.55. The van der Waals surface area contributed by atoms with Crippen LogP contribution < -0.4 is 4.43 Å². The zero-order valence-electron chi connectivity index (χ0n) is 15.3. The van der Waals surface area contributed by atoms with Crippen molar-refractivity contribution in [1.82, 2.24) is 0 Å². The summed E-state index contributed by atoms with van der Waals surface area (Å²) in [4.78, 5) is 0. The fourth-order valence-corrected chi connectivity index (χ4v) is 16.9. The number of hydrogen-bond donors (Lipinski definition) is 0. The molecule has 0 aliphatic heterocycles. The molecule has 0 spiro atoms. The maximum atomic E-state index is 13.7. The molecule has 0 heterocycles. The molecule has 1 rings (SSSR count). The van der Waals surface area contributed by atoms with Gasteiger partial charge in [0.2, 0.25) is 0 Å². The van der Waals surface area contributed by atoms with Crippen molar-refractivity contribution in [2.45, 2.75) is 45.8 Å². The molecule has 0 unspecified atom stereocenters. The van der Waals surface area contributed by atoms with Gasteiger partial charge in [0.05, 0.1) is 0 Å². The van der Waals surface area contributed by atoms with E-state index in [1.54, 1.807) is 13.1 Å². The van der Waals surface area contributed by atoms with Gasteiger partial charge in [0.25, 0.3) is 8.56 Å². The van der Waals surface area contributed by atoms with Crippen LogP contribution in [0.1, 0.15) is 0 Å². The first-order valence-electron chi connectivity index (χ1n) is 7.61. The summed E-state index contributed by atoms with van der Waals surface area (Å²) in [5.41, 5.74) is 0. The summed E-state index contributed by atoms with van der Waals surface area (Å²) in [5, 5.41) is 0. The standard InChI is InChI=1S/C7H21O3Si3.C6F5.Al.H/c1-11(2,3)9-13(6,7)10-12(4,5)8;7-2-1-3(8)5(10)6(11)4(2)9;;/h1-7H3;;;/q-1;;+1;. The Balaban J connectivity index is 2.94. The molecule has 0 aliphatic rings. The summed E-state index contributed by atoms with van der Waals surface area (Å²) in [5.74, 6) is -9.74. The maximum absolute atomic E-state index is 13.7. The molecule has 25 heavy (non-hydrogen) atoms. The third-order valence-electron chi connectivity index (χ3n) is 2.91. The van der Waals surface area contributed by atoms with Crippen LogP contribution in [0.2, 0.25) is 45.8 Å². The van der Waals surface area contributed by atoms with Gasteiger partial charge in [0.15, 0.2) is 37.4 Å². The highest BCUT2D eigenvalue weighted by atomic mass is 28.5. The van der Waals surface area contributed by atoms with Crippen molar-refractivity contribution in [3.8, 4) is 0 Å². The van der Waals surface area contributed by atoms with E-state index in [2.05, 4.69) is 0 Å². The van der Waals surface area contributed by atoms with Gasteiger partial charge < -0.3 is 11.7 Å². The van der Waals surface area contributed by atoms with E-state index < -0.39 is 74.5 Å². The van der Waals surface area contributed by atoms with E-state index in [0.29, 0.717) is 0 Å². The Kier molecular flexibility index (Phi) is 7.25. The van der Waals surface area contributed by atoms with Crippen LogP contribution >= 0.6 is 0 Å². The lowest BCUT2D eigenvalue weighted by Gasteiger charge is -2.37. The average molecular weight is 433 g/mol. The van der Waals surface area contributed by atoms with E-state index in [1.807, 2.05) is 32.7 Å². The molecule has 0 bridgehead atoms. The maximum Gasteiger partial charge on any atom is 0.475 e. The number of hydrogen-bond acceptors (Lipinski definition) is 3. The normalized spacial score (nSPS) is 13.3. The quantitative estimate of drug-likeness (QED) is 0.285. The molecular formula is C13H22AlF5O3Si3. The SMILES string of the molecule is C[Si](C)(C)O[Si](C)(C)O[Si](C)(C)[O][AlH][c]1c(F)c(F)c(F)c(F)c1F. The number of halogens is 5. The van der Waals surface area contributed by atoms with E-state index in [4.69, 9.17) is 11.7 Å². The topological polar surface area (TPSA) is 27.7 Å². The van der Waals surface area contributed by atoms with Crippen molar-refractivity contribution in [2.24, 2.45) is 0 Å². The Bertz CT molecular complexity index is 624. The van der Waals surface area contributed by atoms with Gasteiger partial charge >= 0.3 is 24.1 Å². The first-order valence-corrected chi connectivity index (χ1v) is 17.9. The van der Waals surface area contributed by atoms with E-state index in [0.717, 1.165) is 0 Å². The van der Waals surface area contributed by atoms with Crippen molar-refractivity contribution < 1.29 is 33.7 Å². The lowest BCUT2D eigenvalue weighted by Crippen LogP contribution is -2.53. The predicted molar refractivity (Wildman–Crippen MR) is 94.6 cm³/mol. The molecule has 0 amide bonds. The van der Waals surface area contributed by atoms with Crippen molar-refractivity contribution in [3.05, 3.63) is 29.1 Å². The first-order chi connectivity index (χ1) is 11.1. The molecule has 0 aromatic heterocycles. The number of benzene rings is 1. The summed E-state index contributed by atoms with van der Waals surface area (Å²) in [7, 11) is -7.28. The number of rotatable bonds is 7. The second kappa shape index (κ2) is 7.89. The third-order valence-corrected chi connectivity index (χ3v) is 15.5. The highest BCUT2D eigenvalue weighted by Crippen LogP contribution is 2.21. The Morgan fingerprint density at radius 3 is 1.40 bits per heavy atom. The molecule has 0 radical (unpaired) electrons. The molecule has 142 valence electrons. The van der Waals surface area contributed by atoms with Gasteiger partial charge in [-0.05, 0) is 50.3 Å². The molecule has 3 nitrogen and oxygen atoms in total. The molecule has 0 N–H and O–H groups in total. The highest BCUT2D eigenvalue weighted by Gasteiger charge is 2.39. The molecule has 1 aromatic carbocycles. The summed E-state index contributed by atoms with van der Waals surface area (Å²) in [6.07, 6.45) is 0. The molecule has 1 aromatic rings. The minimum atomic E-state index is -2.87. The van der Waals surface area contributed by atoms with E-state index >= 15 is 0 Å². The van der Waals surface area contributed by atoms with Gasteiger partial charge in [-0.15, -0.1) is 0 Å². The van der Waals surface area contributed by atoms with Gasteiger partial charge in [0, 0.05) is 0 Å². The Hall–Kier alpha value is -0.0669. The monoisotopic (exact) mass is 432 g/mol. The molecule has 0 saturated heterocycles. The minimum absolute atomic E-state index is 0.869. The van der Waals surface area contributed by atoms with E-state index in [-0.39, 0.29) is 0 Å². The lowest BCUT2D eigenvalue weighted by molar-refractivity contribution is 0.338. The lowest BCUT2D eigenvalue weighted by atomic mass is 10.3. The average Bonchev–Trinajstić information content (AvgIpc) is 2.38. The van der Waals surface area contributed by atoms with Crippen molar-refractivity contribution in [3.63, 3.8) is 0 Å². The van der Waals surface area contributed by atoms with Gasteiger partial charge in [-0.25, -0.2) is 22.0 Å². The fourth-order valence-electron chi connectivity index (χ4n) is 2.40. The molecular weight excluding hydrogens is 410 g/mol. The second-order valence-electron chi connectivity index (χ2n) is 7.45. The van der Waals surface area contributed by atoms with Crippen LogP contribution in [-0.2, 0) is 11.7 Å². The molecule has 0 fully saturated rings. The summed E-state index contributed by atoms with van der Waals surface area (Å²) < 4.78 is 83.8. The summed E-state index contributed by atoms with van der Waals surface area (Å²) in [6, 6.07) is 0. The van der Waals surface area contributed by atoms with E-state index in [1.165, 1.54) is 0 Å². The molecule has 12 heteroatoms. The van der Waals surface area contributed by atoms with E-state index in [9.17, 15) is 22.0 Å². The Labute approximate surface area is 154 Å². The van der Waals surface area contributed by atoms with Crippen LogP contribution in [0.25, 0.3) is 0 Å². The van der Waals surface area contributed by atoms with Gasteiger partial charge in [-0.2, -0.15) is 0 Å². The van der Waals surface area contributed by atoms with Crippen LogP contribution in [0, 0.1) is 29.1 Å². The Morgan fingerprint density at radius 1 is 0.600 bits per heavy atom. The predicted octanol–water partition coefficient (Wildman–Crippen LogP) is 3.65. The minimum Gasteiger partial charge on any atom is -0.525 e. The van der Waals surface area contributed by atoms with Crippen molar-refractivity contribution in [1.29, 1.82) is 0 Å². The van der Waals surface area contributed by atoms with Crippen LogP contribution in [0.3, 0.4) is 0 Å². The van der Waals surface area contributed by atoms with Crippen LogP contribution in [-0.4, -0.2) is 41.0 Å². The summed E-state index contributed by atoms with van der Waals surface area (Å²) >= 11 is -2.22. The van der Waals surface area contributed by atoms with Crippen LogP contribution in [0.5, 0.6) is 0 Å². The zero-order valence-corrected chi connectivity index (χ0v) is 19.7. The molecule has 0 saturated carbocycles. The molecule has 0 atom stereocenters. The molecule has 0 aliphatic carbocycles. The second-order valence-corrected chi connectivity index (χ2v) is 21.1. The van der Waals surface area contributed by atoms with Gasteiger partial charge in [0.1, 0.15) is 0 Å². The fraction of sp³-hybridized carbons (Fsp3) is 0.538.